The highest BCUT2D eigenvalue weighted by atomic mass is 35.5. The second kappa shape index (κ2) is 7.27. The van der Waals surface area contributed by atoms with E-state index in [4.69, 9.17) is 5.73 Å². The number of benzene rings is 1. The van der Waals surface area contributed by atoms with Crippen LogP contribution in [0.25, 0.3) is 0 Å². The van der Waals surface area contributed by atoms with Crippen molar-refractivity contribution < 1.29 is 16.8 Å². The maximum atomic E-state index is 12.7. The van der Waals surface area contributed by atoms with Crippen LogP contribution in [-0.2, 0) is 20.0 Å². The Bertz CT molecular complexity index is 794. The number of rotatable bonds is 6. The summed E-state index contributed by atoms with van der Waals surface area (Å²) in [5.41, 5.74) is 5.60. The molecule has 24 heavy (non-hydrogen) atoms. The van der Waals surface area contributed by atoms with Gasteiger partial charge in [0.05, 0.1) is 9.79 Å². The van der Waals surface area contributed by atoms with Crippen LogP contribution in [-0.4, -0.2) is 46.8 Å². The van der Waals surface area contributed by atoms with E-state index in [1.165, 1.54) is 28.6 Å². The number of halogens is 1. The second-order valence-corrected chi connectivity index (χ2v) is 9.78. The van der Waals surface area contributed by atoms with Crippen molar-refractivity contribution in [2.45, 2.75) is 35.1 Å². The lowest BCUT2D eigenvalue weighted by atomic mass is 10.1. The number of nitrogens with two attached hydrogens (primary N) is 1. The predicted octanol–water partition coefficient (Wildman–Crippen LogP) is 0.518. The van der Waals surface area contributed by atoms with Gasteiger partial charge in [-0.1, -0.05) is 6.07 Å². The molecule has 1 aromatic carbocycles. The summed E-state index contributed by atoms with van der Waals surface area (Å²) in [4.78, 5) is -0.00566. The monoisotopic (exact) mass is 395 g/mol. The summed E-state index contributed by atoms with van der Waals surface area (Å²) < 4.78 is 53.8. The van der Waals surface area contributed by atoms with Gasteiger partial charge in [-0.15, -0.1) is 12.4 Å². The zero-order chi connectivity index (χ0) is 16.7. The molecule has 0 aromatic heterocycles. The molecular formula is C14H22ClN3O4S2. The smallest absolute Gasteiger partial charge is 0.243 e. The molecule has 3 rings (SSSR count). The molecule has 0 bridgehead atoms. The van der Waals surface area contributed by atoms with Gasteiger partial charge in [0.1, 0.15) is 0 Å². The molecule has 2 fully saturated rings. The van der Waals surface area contributed by atoms with Gasteiger partial charge in [-0.2, -0.15) is 4.31 Å². The van der Waals surface area contributed by atoms with E-state index < -0.39 is 20.0 Å². The summed E-state index contributed by atoms with van der Waals surface area (Å²) in [6, 6.07) is 5.52. The van der Waals surface area contributed by atoms with Gasteiger partial charge >= 0.3 is 0 Å². The zero-order valence-corrected chi connectivity index (χ0v) is 15.5. The Balaban J connectivity index is 0.00000208. The van der Waals surface area contributed by atoms with Crippen LogP contribution in [0.15, 0.2) is 34.1 Å². The highest BCUT2D eigenvalue weighted by molar-refractivity contribution is 7.90. The van der Waals surface area contributed by atoms with E-state index in [9.17, 15) is 16.8 Å². The minimum atomic E-state index is -3.69. The van der Waals surface area contributed by atoms with Crippen molar-refractivity contribution in [1.29, 1.82) is 0 Å². The molecule has 1 saturated heterocycles. The number of sulfonamides is 2. The molecule has 1 saturated carbocycles. The maximum Gasteiger partial charge on any atom is 0.243 e. The third-order valence-electron chi connectivity index (χ3n) is 4.23. The van der Waals surface area contributed by atoms with Gasteiger partial charge < -0.3 is 5.73 Å². The topological polar surface area (TPSA) is 110 Å². The molecule has 2 aliphatic rings. The Morgan fingerprint density at radius 2 is 1.79 bits per heavy atom. The minimum Gasteiger partial charge on any atom is -0.330 e. The first-order valence-electron chi connectivity index (χ1n) is 7.65. The average Bonchev–Trinajstić information content (AvgIpc) is 3.18. The number of nitrogens with one attached hydrogen (secondary N) is 1. The van der Waals surface area contributed by atoms with Crippen LogP contribution in [0.2, 0.25) is 0 Å². The average molecular weight is 396 g/mol. The predicted molar refractivity (Wildman–Crippen MR) is 93.0 cm³/mol. The standard InChI is InChI=1S/C14H21N3O4S2.ClH/c15-9-11-6-7-17(10-11)23(20,21)14-3-1-2-13(8-14)22(18,19)16-12-4-5-12;/h1-3,8,11-12,16H,4-7,9-10,15H2;1H. The molecule has 136 valence electrons. The lowest BCUT2D eigenvalue weighted by Gasteiger charge is -2.17. The van der Waals surface area contributed by atoms with E-state index in [0.29, 0.717) is 19.6 Å². The Hall–Kier alpha value is -0.710. The Morgan fingerprint density at radius 1 is 1.12 bits per heavy atom. The third kappa shape index (κ3) is 4.09. The van der Waals surface area contributed by atoms with Crippen molar-refractivity contribution in [1.82, 2.24) is 9.03 Å². The lowest BCUT2D eigenvalue weighted by Crippen LogP contribution is -2.30. The Kier molecular flexibility index (Phi) is 5.94. The van der Waals surface area contributed by atoms with Gasteiger partial charge in [0.25, 0.3) is 0 Å². The van der Waals surface area contributed by atoms with Crippen molar-refractivity contribution in [2.24, 2.45) is 11.7 Å². The van der Waals surface area contributed by atoms with Gasteiger partial charge in [-0.25, -0.2) is 21.6 Å². The molecule has 1 heterocycles. The van der Waals surface area contributed by atoms with Crippen molar-refractivity contribution in [2.75, 3.05) is 19.6 Å². The Morgan fingerprint density at radius 3 is 2.38 bits per heavy atom. The van der Waals surface area contributed by atoms with E-state index in [1.54, 1.807) is 0 Å². The van der Waals surface area contributed by atoms with Gasteiger partial charge in [0.2, 0.25) is 20.0 Å². The van der Waals surface area contributed by atoms with Crippen LogP contribution in [0.1, 0.15) is 19.3 Å². The summed E-state index contributed by atoms with van der Waals surface area (Å²) in [5.74, 6) is 0.160. The van der Waals surface area contributed by atoms with Gasteiger partial charge in [0.15, 0.2) is 0 Å². The fourth-order valence-electron chi connectivity index (χ4n) is 2.65. The molecule has 1 unspecified atom stereocenters. The van der Waals surface area contributed by atoms with Gasteiger partial charge in [-0.3, -0.25) is 0 Å². The molecule has 3 N–H and O–H groups in total. The van der Waals surface area contributed by atoms with E-state index in [1.807, 2.05) is 0 Å². The molecule has 0 radical (unpaired) electrons. The molecule has 1 atom stereocenters. The van der Waals surface area contributed by atoms with Gasteiger partial charge in [-0.05, 0) is 49.9 Å². The SMILES string of the molecule is Cl.NCC1CCN(S(=O)(=O)c2cccc(S(=O)(=O)NC3CC3)c2)C1. The number of hydrogen-bond acceptors (Lipinski definition) is 5. The van der Waals surface area contributed by atoms with Crippen LogP contribution in [0.4, 0.5) is 0 Å². The highest BCUT2D eigenvalue weighted by Gasteiger charge is 2.33. The molecule has 1 aromatic rings. The summed E-state index contributed by atoms with van der Waals surface area (Å²) in [7, 11) is -7.36. The number of hydrogen-bond donors (Lipinski definition) is 2. The summed E-state index contributed by atoms with van der Waals surface area (Å²) >= 11 is 0. The highest BCUT2D eigenvalue weighted by Crippen LogP contribution is 2.26. The molecule has 0 spiro atoms. The van der Waals surface area contributed by atoms with E-state index in [0.717, 1.165) is 19.3 Å². The minimum absolute atomic E-state index is 0. The zero-order valence-electron chi connectivity index (χ0n) is 13.1. The maximum absolute atomic E-state index is 12.7. The number of nitrogens with zero attached hydrogens (tertiary/aromatic N) is 1. The van der Waals surface area contributed by atoms with E-state index in [2.05, 4.69) is 4.72 Å². The fourth-order valence-corrected chi connectivity index (χ4v) is 5.65. The second-order valence-electron chi connectivity index (χ2n) is 6.12. The quantitative estimate of drug-likeness (QED) is 0.729. The van der Waals surface area contributed by atoms with Crippen LogP contribution in [0, 0.1) is 5.92 Å². The fraction of sp³-hybridized carbons (Fsp3) is 0.571. The van der Waals surface area contributed by atoms with Crippen LogP contribution in [0.3, 0.4) is 0 Å². The summed E-state index contributed by atoms with van der Waals surface area (Å²) in [5, 5.41) is 0. The first-order chi connectivity index (χ1) is 10.8. The Labute approximate surface area is 149 Å². The molecule has 10 heteroatoms. The molecule has 1 aliphatic heterocycles. The van der Waals surface area contributed by atoms with E-state index >= 15 is 0 Å². The third-order valence-corrected chi connectivity index (χ3v) is 7.61. The van der Waals surface area contributed by atoms with Crippen molar-refractivity contribution in [3.8, 4) is 0 Å². The van der Waals surface area contributed by atoms with Crippen LogP contribution >= 0.6 is 12.4 Å². The van der Waals surface area contributed by atoms with Crippen LogP contribution < -0.4 is 10.5 Å². The van der Waals surface area contributed by atoms with Gasteiger partial charge in [0, 0.05) is 19.1 Å². The largest absolute Gasteiger partial charge is 0.330 e. The summed E-state index contributed by atoms with van der Waals surface area (Å²) in [6.45, 7) is 1.25. The first-order valence-corrected chi connectivity index (χ1v) is 10.6. The van der Waals surface area contributed by atoms with E-state index in [-0.39, 0.29) is 34.2 Å². The normalized spacial score (nSPS) is 22.3. The lowest BCUT2D eigenvalue weighted by molar-refractivity contribution is 0.459. The summed E-state index contributed by atoms with van der Waals surface area (Å²) in [6.07, 6.45) is 2.38. The molecule has 1 aliphatic carbocycles. The molecule has 7 nitrogen and oxygen atoms in total. The van der Waals surface area contributed by atoms with Crippen molar-refractivity contribution >= 4 is 32.5 Å². The molecule has 0 amide bonds. The first kappa shape index (κ1) is 19.6. The molecular weight excluding hydrogens is 374 g/mol. The van der Waals surface area contributed by atoms with Crippen molar-refractivity contribution in [3.63, 3.8) is 0 Å². The van der Waals surface area contributed by atoms with Crippen LogP contribution in [0.5, 0.6) is 0 Å². The van der Waals surface area contributed by atoms with Crippen molar-refractivity contribution in [3.05, 3.63) is 24.3 Å².